The van der Waals surface area contributed by atoms with E-state index in [0.29, 0.717) is 23.1 Å². The molecule has 0 spiro atoms. The van der Waals surface area contributed by atoms with Crippen LogP contribution in [0, 0.1) is 12.8 Å². The number of ether oxygens (including phenoxy) is 2. The highest BCUT2D eigenvalue weighted by Crippen LogP contribution is 2.37. The summed E-state index contributed by atoms with van der Waals surface area (Å²) >= 11 is 6.08. The topological polar surface area (TPSA) is 48.7 Å². The number of benzene rings is 3. The number of methoxy groups -OCH3 is 1. The number of carbonyl (C=O) groups is 1. The molecule has 1 heterocycles. The molecule has 1 unspecified atom stereocenters. The van der Waals surface area contributed by atoms with Gasteiger partial charge in [0.05, 0.1) is 19.3 Å². The molecule has 1 saturated carbocycles. The molecule has 39 heavy (non-hydrogen) atoms. The molecule has 1 atom stereocenters. The third-order valence-corrected chi connectivity index (χ3v) is 7.97. The average Bonchev–Trinajstić information content (AvgIpc) is 3.46. The smallest absolute Gasteiger partial charge is 0.338 e. The molecule has 4 nitrogen and oxygen atoms in total. The quantitative estimate of drug-likeness (QED) is 0.197. The molecule has 0 amide bonds. The first-order chi connectivity index (χ1) is 19.0. The zero-order valence-corrected chi connectivity index (χ0v) is 23.4. The summed E-state index contributed by atoms with van der Waals surface area (Å²) in [6.45, 7) is 2.46. The molecule has 3 aromatic carbocycles. The van der Waals surface area contributed by atoms with Crippen LogP contribution in [-0.4, -0.2) is 13.1 Å². The fourth-order valence-corrected chi connectivity index (χ4v) is 5.68. The molecule has 0 N–H and O–H groups in total. The number of carbonyl (C=O) groups excluding carboxylic acids is 1. The largest absolute Gasteiger partial charge is 0.465 e. The van der Waals surface area contributed by atoms with Gasteiger partial charge in [-0.25, -0.2) is 4.79 Å². The van der Waals surface area contributed by atoms with Crippen molar-refractivity contribution in [3.8, 4) is 22.5 Å². The number of rotatable bonds is 9. The summed E-state index contributed by atoms with van der Waals surface area (Å²) < 4.78 is 18.0. The zero-order valence-electron chi connectivity index (χ0n) is 22.6. The van der Waals surface area contributed by atoms with Gasteiger partial charge in [-0.15, -0.1) is 0 Å². The van der Waals surface area contributed by atoms with Crippen molar-refractivity contribution < 1.29 is 18.7 Å². The summed E-state index contributed by atoms with van der Waals surface area (Å²) in [6, 6.07) is 25.7. The predicted molar refractivity (Wildman–Crippen MR) is 156 cm³/mol. The lowest BCUT2D eigenvalue weighted by Crippen LogP contribution is -2.13. The van der Waals surface area contributed by atoms with Crippen molar-refractivity contribution in [3.63, 3.8) is 0 Å². The van der Waals surface area contributed by atoms with E-state index in [1.807, 2.05) is 72.8 Å². The highest BCUT2D eigenvalue weighted by Gasteiger charge is 2.24. The fourth-order valence-electron chi connectivity index (χ4n) is 5.55. The van der Waals surface area contributed by atoms with Crippen molar-refractivity contribution in [1.82, 2.24) is 0 Å². The number of esters is 1. The summed E-state index contributed by atoms with van der Waals surface area (Å²) in [5, 5.41) is 0.701. The monoisotopic (exact) mass is 542 g/mol. The highest BCUT2D eigenvalue weighted by atomic mass is 35.5. The third kappa shape index (κ3) is 6.63. The van der Waals surface area contributed by atoms with Gasteiger partial charge in [0.2, 0.25) is 0 Å². The third-order valence-electron chi connectivity index (χ3n) is 7.72. The fraction of sp³-hybridized carbons (Fsp3) is 0.324. The van der Waals surface area contributed by atoms with Gasteiger partial charge < -0.3 is 13.9 Å². The summed E-state index contributed by atoms with van der Waals surface area (Å²) in [6.07, 6.45) is 7.11. The minimum absolute atomic E-state index is 0.156. The first-order valence-corrected chi connectivity index (χ1v) is 14.1. The van der Waals surface area contributed by atoms with Gasteiger partial charge in [0, 0.05) is 10.6 Å². The first-order valence-electron chi connectivity index (χ1n) is 13.8. The molecule has 1 aliphatic carbocycles. The van der Waals surface area contributed by atoms with Crippen molar-refractivity contribution in [2.75, 3.05) is 7.11 Å². The Hall–Kier alpha value is -3.34. The second-order valence-corrected chi connectivity index (χ2v) is 10.9. The molecular formula is C34H35ClO4. The predicted octanol–water partition coefficient (Wildman–Crippen LogP) is 9.59. The van der Waals surface area contributed by atoms with E-state index in [1.54, 1.807) is 0 Å². The van der Waals surface area contributed by atoms with Crippen LogP contribution in [0.25, 0.3) is 22.5 Å². The Labute approximate surface area is 235 Å². The summed E-state index contributed by atoms with van der Waals surface area (Å²) in [5.74, 6) is 1.93. The molecule has 0 saturated heterocycles. The zero-order chi connectivity index (χ0) is 27.2. The van der Waals surface area contributed by atoms with Crippen molar-refractivity contribution in [2.24, 2.45) is 5.92 Å². The maximum absolute atomic E-state index is 12.6. The first kappa shape index (κ1) is 27.2. The number of hydrogen-bond donors (Lipinski definition) is 0. The van der Waals surface area contributed by atoms with Gasteiger partial charge in [-0.3, -0.25) is 0 Å². The molecule has 0 aliphatic heterocycles. The normalized spacial score (nSPS) is 14.7. The molecule has 1 fully saturated rings. The minimum Gasteiger partial charge on any atom is -0.465 e. The van der Waals surface area contributed by atoms with Crippen molar-refractivity contribution in [2.45, 2.75) is 58.2 Å². The Kier molecular flexibility index (Phi) is 8.85. The van der Waals surface area contributed by atoms with Crippen LogP contribution in [0.5, 0.6) is 0 Å². The average molecular weight is 543 g/mol. The van der Waals surface area contributed by atoms with Gasteiger partial charge in [-0.1, -0.05) is 74.0 Å². The standard InChI is InChI=1S/C34H35ClO4/c1-23-8-6-7-11-28(23)30-20-25(12-17-29(30)34(36)37-2)22-38-33(21-24-9-4-3-5-10-24)32-19-18-31(39-32)26-13-15-27(35)16-14-26/h6-8,11-20,24,33H,3-5,9-10,21-22H2,1-2H3. The Morgan fingerprint density at radius 1 is 0.949 bits per heavy atom. The Morgan fingerprint density at radius 2 is 1.72 bits per heavy atom. The molecule has 5 heteroatoms. The van der Waals surface area contributed by atoms with Crippen LogP contribution in [0.1, 0.15) is 71.9 Å². The van der Waals surface area contributed by atoms with Crippen LogP contribution in [-0.2, 0) is 16.1 Å². The molecule has 4 aromatic rings. The summed E-state index contributed by atoms with van der Waals surface area (Å²) in [7, 11) is 1.42. The van der Waals surface area contributed by atoms with Crippen molar-refractivity contribution in [3.05, 3.63) is 106 Å². The van der Waals surface area contributed by atoms with E-state index in [9.17, 15) is 4.79 Å². The van der Waals surface area contributed by atoms with Gasteiger partial charge in [-0.2, -0.15) is 0 Å². The molecule has 1 aromatic heterocycles. The number of furan rings is 1. The van der Waals surface area contributed by atoms with Crippen LogP contribution in [0.15, 0.2) is 83.3 Å². The maximum atomic E-state index is 12.6. The van der Waals surface area contributed by atoms with Crippen LogP contribution in [0.4, 0.5) is 0 Å². The number of hydrogen-bond acceptors (Lipinski definition) is 4. The molecular weight excluding hydrogens is 508 g/mol. The lowest BCUT2D eigenvalue weighted by molar-refractivity contribution is 0.00586. The molecule has 0 radical (unpaired) electrons. The lowest BCUT2D eigenvalue weighted by Gasteiger charge is -2.26. The van der Waals surface area contributed by atoms with Gasteiger partial charge in [-0.05, 0) is 90.0 Å². The Balaban J connectivity index is 1.41. The highest BCUT2D eigenvalue weighted by molar-refractivity contribution is 6.30. The number of aryl methyl sites for hydroxylation is 1. The lowest BCUT2D eigenvalue weighted by atomic mass is 9.85. The van der Waals surface area contributed by atoms with E-state index >= 15 is 0 Å². The van der Waals surface area contributed by atoms with E-state index in [1.165, 1.54) is 39.2 Å². The van der Waals surface area contributed by atoms with Crippen LogP contribution < -0.4 is 0 Å². The minimum atomic E-state index is -0.346. The van der Waals surface area contributed by atoms with E-state index in [0.717, 1.165) is 45.8 Å². The molecule has 0 bridgehead atoms. The second kappa shape index (κ2) is 12.7. The van der Waals surface area contributed by atoms with Crippen LogP contribution in [0.3, 0.4) is 0 Å². The Bertz CT molecular complexity index is 1400. The molecule has 1 aliphatic rings. The van der Waals surface area contributed by atoms with E-state index < -0.39 is 0 Å². The van der Waals surface area contributed by atoms with E-state index in [4.69, 9.17) is 25.5 Å². The van der Waals surface area contributed by atoms with Gasteiger partial charge >= 0.3 is 5.97 Å². The summed E-state index contributed by atoms with van der Waals surface area (Å²) in [4.78, 5) is 12.6. The molecule has 202 valence electrons. The van der Waals surface area contributed by atoms with Crippen molar-refractivity contribution >= 4 is 17.6 Å². The number of halogens is 1. The maximum Gasteiger partial charge on any atom is 0.338 e. The van der Waals surface area contributed by atoms with Gasteiger partial charge in [0.15, 0.2) is 0 Å². The van der Waals surface area contributed by atoms with E-state index in [-0.39, 0.29) is 12.1 Å². The second-order valence-electron chi connectivity index (χ2n) is 10.4. The molecule has 5 rings (SSSR count). The van der Waals surface area contributed by atoms with Crippen LogP contribution in [0.2, 0.25) is 5.02 Å². The van der Waals surface area contributed by atoms with Gasteiger partial charge in [0.1, 0.15) is 17.6 Å². The van der Waals surface area contributed by atoms with Crippen molar-refractivity contribution in [1.29, 1.82) is 0 Å². The van der Waals surface area contributed by atoms with Gasteiger partial charge in [0.25, 0.3) is 0 Å². The Morgan fingerprint density at radius 3 is 2.46 bits per heavy atom. The van der Waals surface area contributed by atoms with E-state index in [2.05, 4.69) is 13.0 Å². The summed E-state index contributed by atoms with van der Waals surface area (Å²) in [5.41, 5.74) is 5.50. The SMILES string of the molecule is COC(=O)c1ccc(COC(CC2CCCCC2)c2ccc(-c3ccc(Cl)cc3)o2)cc1-c1ccccc1C. The van der Waals surface area contributed by atoms with Crippen LogP contribution >= 0.6 is 11.6 Å².